The molecule has 0 atom stereocenters. The average molecular weight is 276 g/mol. The van der Waals surface area contributed by atoms with Crippen LogP contribution in [-0.4, -0.2) is 32.2 Å². The van der Waals surface area contributed by atoms with Crippen LogP contribution in [0.15, 0.2) is 36.5 Å². The van der Waals surface area contributed by atoms with Gasteiger partial charge in [-0.2, -0.15) is 9.90 Å². The third-order valence-corrected chi connectivity index (χ3v) is 2.26. The molecule has 1 heterocycles. The maximum atomic E-state index is 11.5. The van der Waals surface area contributed by atoms with Gasteiger partial charge in [0, 0.05) is 0 Å². The van der Waals surface area contributed by atoms with Gasteiger partial charge in [-0.1, -0.05) is 30.3 Å². The SMILES string of the molecule is O=C(O)Cn1ncc(NC(=O)OCc2ccccc2)n1. The van der Waals surface area contributed by atoms with Crippen LogP contribution in [0.1, 0.15) is 5.56 Å². The monoisotopic (exact) mass is 276 g/mol. The highest BCUT2D eigenvalue weighted by Crippen LogP contribution is 2.03. The highest BCUT2D eigenvalue weighted by Gasteiger charge is 2.08. The Morgan fingerprint density at radius 2 is 2.05 bits per heavy atom. The first-order valence-corrected chi connectivity index (χ1v) is 5.73. The molecule has 2 N–H and O–H groups in total. The van der Waals surface area contributed by atoms with Crippen molar-refractivity contribution in [3.05, 3.63) is 42.1 Å². The maximum absolute atomic E-state index is 11.5. The van der Waals surface area contributed by atoms with Crippen LogP contribution in [0.5, 0.6) is 0 Å². The van der Waals surface area contributed by atoms with Crippen LogP contribution in [0.2, 0.25) is 0 Å². The molecule has 0 spiro atoms. The third kappa shape index (κ3) is 4.09. The summed E-state index contributed by atoms with van der Waals surface area (Å²) >= 11 is 0. The van der Waals surface area contributed by atoms with E-state index in [-0.39, 0.29) is 19.0 Å². The molecule has 8 nitrogen and oxygen atoms in total. The normalized spacial score (nSPS) is 10.0. The Hall–Kier alpha value is -2.90. The number of nitrogens with one attached hydrogen (secondary N) is 1. The Kier molecular flexibility index (Phi) is 4.28. The third-order valence-electron chi connectivity index (χ3n) is 2.26. The molecule has 2 rings (SSSR count). The molecule has 0 fully saturated rings. The number of ether oxygens (including phenoxy) is 1. The van der Waals surface area contributed by atoms with Crippen molar-refractivity contribution in [3.63, 3.8) is 0 Å². The minimum atomic E-state index is -1.07. The smallest absolute Gasteiger partial charge is 0.413 e. The number of anilines is 1. The molecule has 1 amide bonds. The van der Waals surface area contributed by atoms with E-state index in [1.54, 1.807) is 0 Å². The minimum Gasteiger partial charge on any atom is -0.480 e. The largest absolute Gasteiger partial charge is 0.480 e. The zero-order valence-corrected chi connectivity index (χ0v) is 10.4. The van der Waals surface area contributed by atoms with Gasteiger partial charge in [-0.25, -0.2) is 4.79 Å². The van der Waals surface area contributed by atoms with Gasteiger partial charge in [0.15, 0.2) is 12.4 Å². The molecule has 0 aliphatic rings. The van der Waals surface area contributed by atoms with E-state index >= 15 is 0 Å². The number of carboxylic acids is 1. The van der Waals surface area contributed by atoms with E-state index in [1.165, 1.54) is 6.20 Å². The fraction of sp³-hybridized carbons (Fsp3) is 0.167. The van der Waals surface area contributed by atoms with Crippen LogP contribution in [0, 0.1) is 0 Å². The van der Waals surface area contributed by atoms with Gasteiger partial charge in [-0.15, -0.1) is 5.10 Å². The van der Waals surface area contributed by atoms with Crippen LogP contribution >= 0.6 is 0 Å². The van der Waals surface area contributed by atoms with Crippen molar-refractivity contribution in [1.29, 1.82) is 0 Å². The minimum absolute atomic E-state index is 0.129. The van der Waals surface area contributed by atoms with Gasteiger partial charge in [0.2, 0.25) is 0 Å². The van der Waals surface area contributed by atoms with Crippen molar-refractivity contribution in [2.75, 3.05) is 5.32 Å². The summed E-state index contributed by atoms with van der Waals surface area (Å²) in [6.45, 7) is -0.239. The lowest BCUT2D eigenvalue weighted by molar-refractivity contribution is -0.138. The Labute approximate surface area is 114 Å². The lowest BCUT2D eigenvalue weighted by Gasteiger charge is -2.04. The van der Waals surface area contributed by atoms with Crippen molar-refractivity contribution in [2.24, 2.45) is 0 Å². The van der Waals surface area contributed by atoms with E-state index in [2.05, 4.69) is 15.5 Å². The summed E-state index contributed by atoms with van der Waals surface area (Å²) in [6, 6.07) is 9.21. The lowest BCUT2D eigenvalue weighted by Crippen LogP contribution is -2.15. The Bertz CT molecular complexity index is 597. The second kappa shape index (κ2) is 6.32. The summed E-state index contributed by atoms with van der Waals surface area (Å²) in [7, 11) is 0. The number of hydrogen-bond acceptors (Lipinski definition) is 5. The number of rotatable bonds is 5. The average Bonchev–Trinajstić information content (AvgIpc) is 2.84. The molecule has 2 aromatic rings. The molecule has 0 saturated heterocycles. The van der Waals surface area contributed by atoms with Gasteiger partial charge in [0.1, 0.15) is 6.61 Å². The molecule has 0 radical (unpaired) electrons. The van der Waals surface area contributed by atoms with Crippen LogP contribution in [0.4, 0.5) is 10.6 Å². The van der Waals surface area contributed by atoms with Crippen LogP contribution < -0.4 is 5.32 Å². The predicted octanol–water partition coefficient (Wildman–Crippen LogP) is 1.11. The van der Waals surface area contributed by atoms with E-state index in [1.807, 2.05) is 30.3 Å². The van der Waals surface area contributed by atoms with E-state index in [9.17, 15) is 9.59 Å². The number of carbonyl (C=O) groups is 2. The Morgan fingerprint density at radius 1 is 1.30 bits per heavy atom. The zero-order valence-electron chi connectivity index (χ0n) is 10.4. The molecule has 0 bridgehead atoms. The molecule has 0 saturated carbocycles. The first-order valence-electron chi connectivity index (χ1n) is 5.73. The van der Waals surface area contributed by atoms with Crippen LogP contribution in [0.25, 0.3) is 0 Å². The number of hydrogen-bond donors (Lipinski definition) is 2. The fourth-order valence-corrected chi connectivity index (χ4v) is 1.42. The summed E-state index contributed by atoms with van der Waals surface area (Å²) in [5.74, 6) is -0.942. The number of benzene rings is 1. The summed E-state index contributed by atoms with van der Waals surface area (Å²) in [4.78, 5) is 22.9. The lowest BCUT2D eigenvalue weighted by atomic mass is 10.2. The highest BCUT2D eigenvalue weighted by atomic mass is 16.5. The van der Waals surface area contributed by atoms with E-state index < -0.39 is 12.1 Å². The predicted molar refractivity (Wildman–Crippen MR) is 67.9 cm³/mol. The topological polar surface area (TPSA) is 106 Å². The van der Waals surface area contributed by atoms with E-state index in [4.69, 9.17) is 9.84 Å². The van der Waals surface area contributed by atoms with Gasteiger partial charge >= 0.3 is 12.1 Å². The molecule has 1 aromatic carbocycles. The number of aliphatic carboxylic acids is 1. The molecule has 104 valence electrons. The summed E-state index contributed by atoms with van der Waals surface area (Å²) < 4.78 is 4.98. The van der Waals surface area contributed by atoms with E-state index in [0.717, 1.165) is 10.4 Å². The van der Waals surface area contributed by atoms with E-state index in [0.29, 0.717) is 0 Å². The second-order valence-electron chi connectivity index (χ2n) is 3.84. The van der Waals surface area contributed by atoms with Crippen LogP contribution in [0.3, 0.4) is 0 Å². The summed E-state index contributed by atoms with van der Waals surface area (Å²) in [6.07, 6.45) is 0.559. The first kappa shape index (κ1) is 13.5. The fourth-order valence-electron chi connectivity index (χ4n) is 1.42. The molecule has 0 unspecified atom stereocenters. The Morgan fingerprint density at radius 3 is 2.75 bits per heavy atom. The van der Waals surface area contributed by atoms with Gasteiger partial charge in [0.25, 0.3) is 0 Å². The standard InChI is InChI=1S/C12H12N4O4/c17-11(18)7-16-13-6-10(15-16)14-12(19)20-8-9-4-2-1-3-5-9/h1-6H,7-8H2,(H,17,18)(H,14,15,19). The van der Waals surface area contributed by atoms with Crippen molar-refractivity contribution in [2.45, 2.75) is 13.2 Å². The number of amides is 1. The number of nitrogens with zero attached hydrogens (tertiary/aromatic N) is 3. The van der Waals surface area contributed by atoms with Crippen molar-refractivity contribution >= 4 is 17.9 Å². The first-order chi connectivity index (χ1) is 9.63. The number of carbonyl (C=O) groups excluding carboxylic acids is 1. The van der Waals surface area contributed by atoms with Gasteiger partial charge in [-0.3, -0.25) is 10.1 Å². The van der Waals surface area contributed by atoms with Gasteiger partial charge in [0.05, 0.1) is 6.20 Å². The highest BCUT2D eigenvalue weighted by molar-refractivity contribution is 5.82. The molecule has 8 heteroatoms. The molecule has 20 heavy (non-hydrogen) atoms. The quantitative estimate of drug-likeness (QED) is 0.847. The molecule has 0 aliphatic carbocycles. The van der Waals surface area contributed by atoms with Crippen LogP contribution in [-0.2, 0) is 22.7 Å². The molecular formula is C12H12N4O4. The maximum Gasteiger partial charge on any atom is 0.413 e. The zero-order chi connectivity index (χ0) is 14.4. The molecule has 0 aliphatic heterocycles. The summed E-state index contributed by atoms with van der Waals surface area (Å²) in [5, 5.41) is 18.4. The second-order valence-corrected chi connectivity index (χ2v) is 3.84. The number of aromatic nitrogens is 3. The van der Waals surface area contributed by atoms with Crippen molar-refractivity contribution in [1.82, 2.24) is 15.0 Å². The Balaban J connectivity index is 1.82. The molecular weight excluding hydrogens is 264 g/mol. The van der Waals surface area contributed by atoms with Gasteiger partial charge in [-0.05, 0) is 5.56 Å². The molecule has 1 aromatic heterocycles. The van der Waals surface area contributed by atoms with Crippen molar-refractivity contribution in [3.8, 4) is 0 Å². The summed E-state index contributed by atoms with van der Waals surface area (Å²) in [5.41, 5.74) is 0.859. The number of carboxylic acid groups (broad SMARTS) is 1. The van der Waals surface area contributed by atoms with Gasteiger partial charge < -0.3 is 9.84 Å². The van der Waals surface area contributed by atoms with Crippen molar-refractivity contribution < 1.29 is 19.4 Å².